The number of thiophene rings is 1. The number of fused-ring (bicyclic) bond motifs is 1. The quantitative estimate of drug-likeness (QED) is 0.559. The molecule has 0 amide bonds. The fourth-order valence-electron chi connectivity index (χ4n) is 2.06. The molecule has 92 valence electrons. The molecule has 3 N–H and O–H groups in total. The first-order valence-electron chi connectivity index (χ1n) is 5.79. The van der Waals surface area contributed by atoms with Crippen LogP contribution in [0.5, 0.6) is 0 Å². The van der Waals surface area contributed by atoms with Crippen molar-refractivity contribution in [2.45, 2.75) is 13.0 Å². The third kappa shape index (κ3) is 1.95. The van der Waals surface area contributed by atoms with Gasteiger partial charge in [0.05, 0.1) is 0 Å². The molecule has 0 aliphatic carbocycles. The highest BCUT2D eigenvalue weighted by Crippen LogP contribution is 2.31. The Kier molecular flexibility index (Phi) is 2.91. The number of furan rings is 1. The van der Waals surface area contributed by atoms with Crippen molar-refractivity contribution in [3.63, 3.8) is 0 Å². The second-order valence-corrected chi connectivity index (χ2v) is 5.55. The number of hydrogen-bond donors (Lipinski definition) is 2. The summed E-state index contributed by atoms with van der Waals surface area (Å²) in [6, 6.07) is 14.1. The summed E-state index contributed by atoms with van der Waals surface area (Å²) in [4.78, 5) is 2.43. The molecule has 0 spiro atoms. The zero-order valence-electron chi connectivity index (χ0n) is 10.0. The molecule has 3 rings (SSSR count). The second-order valence-electron chi connectivity index (χ2n) is 4.23. The van der Waals surface area contributed by atoms with E-state index in [0.717, 1.165) is 21.6 Å². The summed E-state index contributed by atoms with van der Waals surface area (Å²) >= 11 is 1.72. The van der Waals surface area contributed by atoms with Crippen molar-refractivity contribution in [3.05, 3.63) is 58.0 Å². The summed E-state index contributed by atoms with van der Waals surface area (Å²) in [5, 5.41) is 1.10. The van der Waals surface area contributed by atoms with E-state index in [1.807, 2.05) is 30.3 Å². The number of nitrogens with one attached hydrogen (secondary N) is 1. The van der Waals surface area contributed by atoms with Gasteiger partial charge in [-0.25, -0.2) is 5.43 Å². The number of hydrogen-bond acceptors (Lipinski definition) is 4. The summed E-state index contributed by atoms with van der Waals surface area (Å²) in [5.41, 5.74) is 3.72. The van der Waals surface area contributed by atoms with Crippen molar-refractivity contribution in [3.8, 4) is 0 Å². The van der Waals surface area contributed by atoms with Crippen LogP contribution in [-0.2, 0) is 0 Å². The van der Waals surface area contributed by atoms with Crippen LogP contribution in [-0.4, -0.2) is 0 Å². The van der Waals surface area contributed by atoms with Gasteiger partial charge in [-0.2, -0.15) is 0 Å². The van der Waals surface area contributed by atoms with Crippen molar-refractivity contribution in [2.75, 3.05) is 0 Å². The molecule has 1 atom stereocenters. The molecular weight excluding hydrogens is 244 g/mol. The van der Waals surface area contributed by atoms with Crippen molar-refractivity contribution in [1.29, 1.82) is 0 Å². The van der Waals surface area contributed by atoms with Gasteiger partial charge < -0.3 is 4.42 Å². The highest BCUT2D eigenvalue weighted by molar-refractivity contribution is 7.12. The van der Waals surface area contributed by atoms with Gasteiger partial charge >= 0.3 is 0 Å². The van der Waals surface area contributed by atoms with Crippen LogP contribution in [0.15, 0.2) is 46.9 Å². The molecule has 3 nitrogen and oxygen atoms in total. The maximum Gasteiger partial charge on any atom is 0.134 e. The zero-order chi connectivity index (χ0) is 12.5. The lowest BCUT2D eigenvalue weighted by Crippen LogP contribution is -2.27. The van der Waals surface area contributed by atoms with Crippen LogP contribution in [0.3, 0.4) is 0 Å². The molecule has 1 aromatic carbocycles. The van der Waals surface area contributed by atoms with E-state index in [0.29, 0.717) is 0 Å². The summed E-state index contributed by atoms with van der Waals surface area (Å²) in [6.45, 7) is 2.08. The summed E-state index contributed by atoms with van der Waals surface area (Å²) in [5.74, 6) is 6.51. The molecule has 0 aliphatic heterocycles. The summed E-state index contributed by atoms with van der Waals surface area (Å²) < 4.78 is 5.85. The summed E-state index contributed by atoms with van der Waals surface area (Å²) in [7, 11) is 0. The van der Waals surface area contributed by atoms with Crippen LogP contribution >= 0.6 is 11.3 Å². The van der Waals surface area contributed by atoms with Crippen LogP contribution in [0.2, 0.25) is 0 Å². The molecule has 0 fully saturated rings. The van der Waals surface area contributed by atoms with Gasteiger partial charge in [0.15, 0.2) is 0 Å². The number of rotatable bonds is 3. The van der Waals surface area contributed by atoms with Crippen LogP contribution in [0.1, 0.15) is 21.6 Å². The minimum Gasteiger partial charge on any atom is -0.459 e. The Morgan fingerprint density at radius 2 is 2.06 bits per heavy atom. The largest absolute Gasteiger partial charge is 0.459 e. The Bertz CT molecular complexity index is 638. The van der Waals surface area contributed by atoms with Crippen LogP contribution in [0.4, 0.5) is 0 Å². The third-order valence-electron chi connectivity index (χ3n) is 2.94. The molecular formula is C14H14N2OS. The maximum absolute atomic E-state index is 5.85. The lowest BCUT2D eigenvalue weighted by molar-refractivity contribution is 0.481. The Labute approximate surface area is 109 Å². The average Bonchev–Trinajstić information content (AvgIpc) is 2.96. The van der Waals surface area contributed by atoms with E-state index in [2.05, 4.69) is 24.5 Å². The zero-order valence-corrected chi connectivity index (χ0v) is 10.8. The molecule has 18 heavy (non-hydrogen) atoms. The molecule has 2 heterocycles. The molecule has 1 unspecified atom stereocenters. The van der Waals surface area contributed by atoms with Crippen molar-refractivity contribution >= 4 is 22.3 Å². The molecule has 0 aliphatic rings. The normalized spacial score (nSPS) is 13.0. The van der Waals surface area contributed by atoms with Crippen molar-refractivity contribution in [1.82, 2.24) is 5.43 Å². The number of nitrogens with two attached hydrogens (primary N) is 1. The fourth-order valence-corrected chi connectivity index (χ4v) is 3.00. The van der Waals surface area contributed by atoms with E-state index in [1.165, 1.54) is 4.88 Å². The van der Waals surface area contributed by atoms with Gasteiger partial charge in [0.25, 0.3) is 0 Å². The molecule has 0 saturated heterocycles. The van der Waals surface area contributed by atoms with Crippen molar-refractivity contribution < 1.29 is 4.42 Å². The van der Waals surface area contributed by atoms with Gasteiger partial charge in [0.2, 0.25) is 0 Å². The predicted molar refractivity (Wildman–Crippen MR) is 74.4 cm³/mol. The van der Waals surface area contributed by atoms with Gasteiger partial charge in [0, 0.05) is 15.1 Å². The van der Waals surface area contributed by atoms with E-state index in [1.54, 1.807) is 11.3 Å². The topological polar surface area (TPSA) is 51.2 Å². The summed E-state index contributed by atoms with van der Waals surface area (Å²) in [6.07, 6.45) is 0. The second kappa shape index (κ2) is 4.57. The Balaban J connectivity index is 2.05. The lowest BCUT2D eigenvalue weighted by Gasteiger charge is -2.10. The van der Waals surface area contributed by atoms with Crippen LogP contribution in [0, 0.1) is 6.92 Å². The first-order chi connectivity index (χ1) is 8.78. The third-order valence-corrected chi connectivity index (χ3v) is 4.01. The monoisotopic (exact) mass is 258 g/mol. The number of para-hydroxylation sites is 1. The molecule has 0 radical (unpaired) electrons. The van der Waals surface area contributed by atoms with Crippen LogP contribution in [0.25, 0.3) is 11.0 Å². The lowest BCUT2D eigenvalue weighted by atomic mass is 10.2. The minimum absolute atomic E-state index is 0.0869. The highest BCUT2D eigenvalue weighted by Gasteiger charge is 2.18. The minimum atomic E-state index is -0.0869. The number of benzene rings is 1. The Morgan fingerprint density at radius 1 is 1.22 bits per heavy atom. The Hall–Kier alpha value is -1.62. The first-order valence-corrected chi connectivity index (χ1v) is 6.60. The molecule has 0 bridgehead atoms. The first kappa shape index (κ1) is 11.5. The molecule has 2 aromatic heterocycles. The average molecular weight is 258 g/mol. The van der Waals surface area contributed by atoms with Gasteiger partial charge in [-0.05, 0) is 31.2 Å². The van der Waals surface area contributed by atoms with E-state index >= 15 is 0 Å². The van der Waals surface area contributed by atoms with E-state index < -0.39 is 0 Å². The fraction of sp³-hybridized carbons (Fsp3) is 0.143. The Morgan fingerprint density at radius 3 is 2.72 bits per heavy atom. The van der Waals surface area contributed by atoms with Crippen molar-refractivity contribution in [2.24, 2.45) is 5.84 Å². The van der Waals surface area contributed by atoms with Gasteiger partial charge in [-0.3, -0.25) is 5.84 Å². The predicted octanol–water partition coefficient (Wildman–Crippen LogP) is 3.36. The van der Waals surface area contributed by atoms with E-state index in [4.69, 9.17) is 10.3 Å². The smallest absolute Gasteiger partial charge is 0.134 e. The maximum atomic E-state index is 5.85. The van der Waals surface area contributed by atoms with E-state index in [-0.39, 0.29) is 6.04 Å². The highest BCUT2D eigenvalue weighted by atomic mass is 32.1. The molecule has 3 aromatic rings. The number of aryl methyl sites for hydroxylation is 1. The number of hydrazine groups is 1. The SMILES string of the molecule is Cc1ccc(C(NN)c2cc3ccccc3o2)s1. The van der Waals surface area contributed by atoms with Gasteiger partial charge in [-0.15, -0.1) is 11.3 Å². The molecule has 4 heteroatoms. The van der Waals surface area contributed by atoms with E-state index in [9.17, 15) is 0 Å². The standard InChI is InChI=1S/C14H14N2OS/c1-9-6-7-13(18-9)14(16-15)12-8-10-4-2-3-5-11(10)17-12/h2-8,14,16H,15H2,1H3. The van der Waals surface area contributed by atoms with Gasteiger partial charge in [0.1, 0.15) is 17.4 Å². The molecule has 0 saturated carbocycles. The van der Waals surface area contributed by atoms with Crippen LogP contribution < -0.4 is 11.3 Å². The van der Waals surface area contributed by atoms with Gasteiger partial charge in [-0.1, -0.05) is 18.2 Å².